The number of phenolic OH excluding ortho intramolecular Hbond substituents is 2. The number of hydrogen-bond acceptors (Lipinski definition) is 16. The smallest absolute Gasteiger partial charge is 0.341 e. The summed E-state index contributed by atoms with van der Waals surface area (Å²) < 4.78 is 103. The van der Waals surface area contributed by atoms with Crippen LogP contribution in [-0.2, 0) is 64.9 Å². The third kappa shape index (κ3) is 12.1. The highest BCUT2D eigenvalue weighted by Gasteiger charge is 2.66. The number of rotatable bonds is 12. The van der Waals surface area contributed by atoms with Gasteiger partial charge in [0.25, 0.3) is 0 Å². The topological polar surface area (TPSA) is 329 Å². The van der Waals surface area contributed by atoms with Gasteiger partial charge >= 0.3 is 23.9 Å². The summed E-state index contributed by atoms with van der Waals surface area (Å²) >= 11 is 0. The highest BCUT2D eigenvalue weighted by atomic mass is 32.2. The van der Waals surface area contributed by atoms with Crippen LogP contribution in [-0.4, -0.2) is 123 Å². The molecule has 9 aliphatic rings. The van der Waals surface area contributed by atoms with E-state index in [4.69, 9.17) is 29.2 Å². The van der Waals surface area contributed by atoms with Gasteiger partial charge in [-0.1, -0.05) is 102 Å². The van der Waals surface area contributed by atoms with Gasteiger partial charge in [0.1, 0.15) is 34.5 Å². The van der Waals surface area contributed by atoms with Crippen molar-refractivity contribution in [3.8, 4) is 34.5 Å². The maximum Gasteiger partial charge on any atom is 0.341 e. The second-order valence-electron chi connectivity index (χ2n) is 32.7. The van der Waals surface area contributed by atoms with Gasteiger partial charge < -0.3 is 49.6 Å². The zero-order chi connectivity index (χ0) is 69.3. The summed E-state index contributed by atoms with van der Waals surface area (Å²) in [4.78, 5) is 44.8. The fraction of sp³-hybridized carbons (Fsp3) is 0.690. The van der Waals surface area contributed by atoms with Gasteiger partial charge in [0.2, 0.25) is 0 Å². The average molecular weight is 1370 g/mol. The summed E-state index contributed by atoms with van der Waals surface area (Å²) in [6, 6.07) is 8.25. The van der Waals surface area contributed by atoms with Gasteiger partial charge in [-0.2, -0.15) is 0 Å². The first-order valence-electron chi connectivity index (χ1n) is 33.3. The van der Waals surface area contributed by atoms with Crippen molar-refractivity contribution in [2.24, 2.45) is 68.0 Å². The van der Waals surface area contributed by atoms with E-state index in [-0.39, 0.29) is 122 Å². The molecule has 12 rings (SSSR count). The van der Waals surface area contributed by atoms with Crippen molar-refractivity contribution >= 4 is 53.4 Å². The third-order valence-corrected chi connectivity index (χ3v) is 31.1. The van der Waals surface area contributed by atoms with Crippen LogP contribution in [0.25, 0.3) is 0 Å². The van der Waals surface area contributed by atoms with Crippen molar-refractivity contribution in [3.05, 3.63) is 53.1 Å². The first-order chi connectivity index (χ1) is 43.3. The van der Waals surface area contributed by atoms with Crippen LogP contribution in [0.15, 0.2) is 51.1 Å². The highest BCUT2D eigenvalue weighted by Crippen LogP contribution is 2.71. The van der Waals surface area contributed by atoms with E-state index in [2.05, 4.69) is 83.1 Å². The molecule has 6 N–H and O–H groups in total. The van der Waals surface area contributed by atoms with Crippen LogP contribution in [0.4, 0.5) is 0 Å². The molecule has 12 atom stereocenters. The van der Waals surface area contributed by atoms with E-state index in [1.807, 2.05) is 0 Å². The van der Waals surface area contributed by atoms with Gasteiger partial charge in [-0.25, -0.2) is 44.4 Å². The lowest BCUT2D eigenvalue weighted by molar-refractivity contribution is -0.140. The van der Waals surface area contributed by atoms with Gasteiger partial charge in [-0.3, -0.25) is 0 Å². The van der Waals surface area contributed by atoms with E-state index in [1.54, 1.807) is 0 Å². The first kappa shape index (κ1) is 71.0. The van der Waals surface area contributed by atoms with Crippen LogP contribution in [0.1, 0.15) is 196 Å². The molecule has 3 aromatic rings. The fourth-order valence-corrected chi connectivity index (χ4v) is 28.9. The Labute approximate surface area is 554 Å². The predicted octanol–water partition coefficient (Wildman–Crippen LogP) is 12.2. The zero-order valence-electron chi connectivity index (χ0n) is 56.6. The molecule has 0 spiro atoms. The summed E-state index contributed by atoms with van der Waals surface area (Å²) in [5.74, 6) is -3.58. The number of ether oxygens (including phenoxy) is 4. The summed E-state index contributed by atoms with van der Waals surface area (Å²) in [5.41, 5.74) is 0.170. The second-order valence-corrected chi connectivity index (χ2v) is 38.7. The summed E-state index contributed by atoms with van der Waals surface area (Å²) in [7, 11) is -11.0. The zero-order valence-corrected chi connectivity index (χ0v) is 59.1. The van der Waals surface area contributed by atoms with Crippen molar-refractivity contribution in [2.45, 2.75) is 210 Å². The molecule has 0 unspecified atom stereocenters. The molecule has 23 heteroatoms. The molecule has 6 fully saturated rings. The van der Waals surface area contributed by atoms with E-state index in [1.165, 1.54) is 42.8 Å². The van der Waals surface area contributed by atoms with E-state index >= 15 is 0 Å². The molecule has 3 aliphatic heterocycles. The van der Waals surface area contributed by atoms with Crippen molar-refractivity contribution < 1.29 is 94.0 Å². The number of hydrogen-bond donors (Lipinski definition) is 6. The summed E-state index contributed by atoms with van der Waals surface area (Å²) in [6.45, 7) is 24.3. The molecule has 0 amide bonds. The van der Waals surface area contributed by atoms with Crippen molar-refractivity contribution in [3.63, 3.8) is 0 Å². The molecule has 6 aliphatic carbocycles. The van der Waals surface area contributed by atoms with E-state index < -0.39 is 90.6 Å². The number of carboxylic acid groups (broad SMARTS) is 4. The Bertz CT molecular complexity index is 3730. The van der Waals surface area contributed by atoms with Gasteiger partial charge in [0.05, 0.1) is 31.9 Å². The van der Waals surface area contributed by atoms with E-state index in [0.717, 1.165) is 89.9 Å². The Balaban J connectivity index is 0.000000155. The minimum atomic E-state index is -3.75. The molecule has 20 nitrogen and oxygen atoms in total. The van der Waals surface area contributed by atoms with Gasteiger partial charge in [0, 0.05) is 51.1 Å². The van der Waals surface area contributed by atoms with E-state index in [9.17, 15) is 64.9 Å². The SMILES string of the molecule is CC1(C)CCC[C@]2(C)[C@H]3CS(=O)(=O)c4cc(O)cc(O)c4[C@]3(C)CC[C@@H]12.CC1(C)CCC[C@]2(C)[C@H]3CS(=O)(=O)c4cc(OCC(=O)O)cc(OCC(=O)O)c4[C@]3(C)CC[C@@H]12.CC1(C)CCC[C@]2(C)[C@H]3CS(=O)(=O)c4cc(OCC(=O)O)cc(OCC(=O)O)c4[C@]3(C)CC[C@@H]12. The van der Waals surface area contributed by atoms with Crippen molar-refractivity contribution in [1.29, 1.82) is 0 Å². The van der Waals surface area contributed by atoms with Crippen LogP contribution in [0.5, 0.6) is 34.5 Å². The largest absolute Gasteiger partial charge is 0.508 e. The number of carboxylic acids is 4. The molecule has 94 heavy (non-hydrogen) atoms. The molecule has 6 saturated carbocycles. The molecule has 3 heterocycles. The lowest BCUT2D eigenvalue weighted by atomic mass is 9.43. The van der Waals surface area contributed by atoms with Gasteiger partial charge in [-0.05, 0) is 163 Å². The molecule has 0 bridgehead atoms. The van der Waals surface area contributed by atoms with Crippen LogP contribution < -0.4 is 18.9 Å². The normalized spacial score (nSPS) is 35.0. The predicted molar refractivity (Wildman–Crippen MR) is 349 cm³/mol. The van der Waals surface area contributed by atoms with Gasteiger partial charge in [0.15, 0.2) is 55.9 Å². The molecule has 0 saturated heterocycles. The Kier molecular flexibility index (Phi) is 18.1. The fourth-order valence-electron chi connectivity index (χ4n) is 22.0. The molecule has 3 aromatic carbocycles. The number of aliphatic carboxylic acids is 4. The standard InChI is InChI=1S/2C25H34O8S.C21H30O4S/c2*1-23(2)7-5-8-24(3)18(23)6-9-25(4)19(24)14-34(30,31)17-11-15(32-12-20(26)27)10-16(22(17)25)33-13-21(28)29;1-19(2)7-5-8-20(3)16(19)6-9-21(4)17(20)12-26(24,25)15-11-13(22)10-14(23)18(15)21/h2*10-11,18-19H,5-9,12-14H2,1-4H3,(H,26,27)(H,28,29);10-11,16-17,22-23H,5-9,12H2,1-4H3/t2*18-,19+,24-,25+;16-,17+,20-,21+/m000/s1. The molecule has 0 aromatic heterocycles. The number of fused-ring (bicyclic) bond motifs is 15. The molecule has 520 valence electrons. The van der Waals surface area contributed by atoms with Crippen LogP contribution in [0, 0.1) is 68.0 Å². The minimum absolute atomic E-state index is 0.000332. The Morgan fingerprint density at radius 3 is 0.979 bits per heavy atom. The van der Waals surface area contributed by atoms with Crippen LogP contribution in [0.2, 0.25) is 0 Å². The first-order valence-corrected chi connectivity index (χ1v) is 38.3. The number of carbonyl (C=O) groups is 4. The lowest BCUT2D eigenvalue weighted by Gasteiger charge is -2.63. The highest BCUT2D eigenvalue weighted by molar-refractivity contribution is 7.92. The monoisotopic (exact) mass is 1370 g/mol. The molecular weight excluding hydrogens is 1270 g/mol. The molecular formula is C71H98O20S3. The number of benzene rings is 3. The summed E-state index contributed by atoms with van der Waals surface area (Å²) in [6.07, 6.45) is 15.0. The lowest BCUT2D eigenvalue weighted by Crippen LogP contribution is -2.60. The molecule has 0 radical (unpaired) electrons. The number of sulfone groups is 3. The van der Waals surface area contributed by atoms with Crippen LogP contribution >= 0.6 is 0 Å². The van der Waals surface area contributed by atoms with Crippen molar-refractivity contribution in [2.75, 3.05) is 43.7 Å². The average Bonchev–Trinajstić information content (AvgIpc) is 0.704. The second kappa shape index (κ2) is 24.0. The quantitative estimate of drug-likeness (QED) is 0.0981. The van der Waals surface area contributed by atoms with Crippen molar-refractivity contribution in [1.82, 2.24) is 0 Å². The van der Waals surface area contributed by atoms with E-state index in [0.29, 0.717) is 34.4 Å². The maximum absolute atomic E-state index is 13.7. The Morgan fingerprint density at radius 1 is 0.383 bits per heavy atom. The Morgan fingerprint density at radius 2 is 0.670 bits per heavy atom. The summed E-state index contributed by atoms with van der Waals surface area (Å²) in [5, 5.41) is 56.9. The third-order valence-electron chi connectivity index (χ3n) is 25.8. The Hall–Kier alpha value is -5.81. The minimum Gasteiger partial charge on any atom is -0.508 e. The van der Waals surface area contributed by atoms with Gasteiger partial charge in [-0.15, -0.1) is 0 Å². The maximum atomic E-state index is 13.7. The van der Waals surface area contributed by atoms with Crippen LogP contribution in [0.3, 0.4) is 0 Å². The number of aromatic hydroxyl groups is 2. The number of phenols is 2.